The zero-order valence-electron chi connectivity index (χ0n) is 19.1. The molecule has 34 heavy (non-hydrogen) atoms. The molecule has 1 aliphatic rings. The first kappa shape index (κ1) is 25.5. The molecular formula is C22H27Cl2N9O. The predicted octanol–water partition coefficient (Wildman–Crippen LogP) is 2.87. The van der Waals surface area contributed by atoms with Crippen LogP contribution in [0.4, 0.5) is 5.95 Å². The quantitative estimate of drug-likeness (QED) is 0.433. The normalized spacial score (nSPS) is 15.8. The third-order valence-corrected chi connectivity index (χ3v) is 5.79. The molecule has 1 aromatic carbocycles. The molecule has 1 saturated heterocycles. The van der Waals surface area contributed by atoms with Crippen molar-refractivity contribution in [2.45, 2.75) is 19.9 Å². The fourth-order valence-corrected chi connectivity index (χ4v) is 3.94. The number of nitrogens with one attached hydrogen (secondary N) is 1. The number of hydrogen-bond donors (Lipinski definition) is 2. The lowest BCUT2D eigenvalue weighted by Crippen LogP contribution is -2.53. The number of aryl methyl sites for hydroxylation is 1. The molecule has 0 aliphatic carbocycles. The zero-order chi connectivity index (χ0) is 22.2. The SMILES string of the molecule is CC(C)[C@H]1CN(c2ncc(-c3ccc(-c4cnc5nn(C)nc5c4)cc3O)nn2)CCN1.Cl.Cl. The standard InChI is InChI=1S/C22H25N9O.2ClH/c1-13(2)19-12-31(7-6-23-19)22-25-11-18(26-27-22)16-5-4-14(9-20(16)32)15-8-17-21(24-10-15)29-30(3)28-17;;/h4-5,8-11,13,19,23,32H,6-7,12H2,1-3H3;2*1H/t19-;;/m1../s1. The van der Waals surface area contributed by atoms with Crippen LogP contribution in [0.5, 0.6) is 5.75 Å². The molecule has 4 aromatic rings. The van der Waals surface area contributed by atoms with E-state index in [2.05, 4.69) is 54.4 Å². The number of rotatable bonds is 4. The van der Waals surface area contributed by atoms with Gasteiger partial charge >= 0.3 is 0 Å². The largest absolute Gasteiger partial charge is 0.507 e. The van der Waals surface area contributed by atoms with Gasteiger partial charge in [0, 0.05) is 50.0 Å². The monoisotopic (exact) mass is 503 g/mol. The van der Waals surface area contributed by atoms with Crippen LogP contribution in [0.1, 0.15) is 13.8 Å². The van der Waals surface area contributed by atoms with Gasteiger partial charge in [-0.05, 0) is 29.7 Å². The Bertz CT molecular complexity index is 1260. The van der Waals surface area contributed by atoms with Crippen molar-refractivity contribution in [2.24, 2.45) is 13.0 Å². The fraction of sp³-hybridized carbons (Fsp3) is 0.364. The summed E-state index contributed by atoms with van der Waals surface area (Å²) in [5.41, 5.74) is 4.06. The Morgan fingerprint density at radius 2 is 1.85 bits per heavy atom. The zero-order valence-corrected chi connectivity index (χ0v) is 20.7. The van der Waals surface area contributed by atoms with E-state index < -0.39 is 0 Å². The minimum atomic E-state index is 0. The molecule has 0 saturated carbocycles. The minimum Gasteiger partial charge on any atom is -0.507 e. The average Bonchev–Trinajstić information content (AvgIpc) is 3.18. The van der Waals surface area contributed by atoms with Crippen molar-refractivity contribution in [1.29, 1.82) is 0 Å². The van der Waals surface area contributed by atoms with Gasteiger partial charge in [0.25, 0.3) is 0 Å². The van der Waals surface area contributed by atoms with Gasteiger partial charge in [0.1, 0.15) is 17.0 Å². The smallest absolute Gasteiger partial charge is 0.245 e. The summed E-state index contributed by atoms with van der Waals surface area (Å²) in [6, 6.07) is 7.72. The first-order chi connectivity index (χ1) is 15.5. The Morgan fingerprint density at radius 1 is 1.03 bits per heavy atom. The summed E-state index contributed by atoms with van der Waals surface area (Å²) in [5.74, 6) is 1.25. The molecule has 5 rings (SSSR count). The summed E-state index contributed by atoms with van der Waals surface area (Å²) in [4.78, 5) is 12.5. The maximum atomic E-state index is 10.7. The van der Waals surface area contributed by atoms with E-state index in [0.717, 1.165) is 30.8 Å². The first-order valence-corrected chi connectivity index (χ1v) is 10.7. The second-order valence-corrected chi connectivity index (χ2v) is 8.38. The number of phenolic OH excluding ortho intramolecular Hbond substituents is 1. The lowest BCUT2D eigenvalue weighted by Gasteiger charge is -2.35. The fourth-order valence-electron chi connectivity index (χ4n) is 3.94. The molecule has 3 aromatic heterocycles. The summed E-state index contributed by atoms with van der Waals surface area (Å²) in [7, 11) is 1.76. The van der Waals surface area contributed by atoms with Crippen LogP contribution in [0.25, 0.3) is 33.5 Å². The van der Waals surface area contributed by atoms with Gasteiger partial charge in [-0.15, -0.1) is 40.1 Å². The number of aromatic nitrogens is 7. The number of pyridine rings is 1. The molecule has 12 heteroatoms. The van der Waals surface area contributed by atoms with Crippen LogP contribution in [0.3, 0.4) is 0 Å². The highest BCUT2D eigenvalue weighted by atomic mass is 35.5. The van der Waals surface area contributed by atoms with Gasteiger partial charge in [-0.1, -0.05) is 19.9 Å². The van der Waals surface area contributed by atoms with Gasteiger partial charge in [0.2, 0.25) is 11.6 Å². The molecule has 1 aliphatic heterocycles. The van der Waals surface area contributed by atoms with E-state index in [1.165, 1.54) is 4.80 Å². The third kappa shape index (κ3) is 5.03. The minimum absolute atomic E-state index is 0. The van der Waals surface area contributed by atoms with Gasteiger partial charge in [0.15, 0.2) is 0 Å². The highest BCUT2D eigenvalue weighted by Gasteiger charge is 2.23. The molecule has 0 bridgehead atoms. The van der Waals surface area contributed by atoms with Crippen molar-refractivity contribution in [3.63, 3.8) is 0 Å². The number of fused-ring (bicyclic) bond motifs is 1. The average molecular weight is 504 g/mol. The van der Waals surface area contributed by atoms with Crippen LogP contribution in [-0.4, -0.2) is 65.9 Å². The van der Waals surface area contributed by atoms with Crippen LogP contribution in [-0.2, 0) is 7.05 Å². The highest BCUT2D eigenvalue weighted by molar-refractivity contribution is 5.85. The molecule has 1 fully saturated rings. The molecule has 180 valence electrons. The number of phenols is 1. The predicted molar refractivity (Wildman–Crippen MR) is 136 cm³/mol. The Kier molecular flexibility index (Phi) is 7.86. The molecular weight excluding hydrogens is 477 g/mol. The maximum Gasteiger partial charge on any atom is 0.245 e. The second-order valence-electron chi connectivity index (χ2n) is 8.38. The second kappa shape index (κ2) is 10.5. The summed E-state index contributed by atoms with van der Waals surface area (Å²) < 4.78 is 0. The van der Waals surface area contributed by atoms with Gasteiger partial charge in [-0.3, -0.25) is 0 Å². The Morgan fingerprint density at radius 3 is 2.56 bits per heavy atom. The third-order valence-electron chi connectivity index (χ3n) is 5.79. The molecule has 0 amide bonds. The van der Waals surface area contributed by atoms with Crippen LogP contribution < -0.4 is 10.2 Å². The van der Waals surface area contributed by atoms with Gasteiger partial charge in [0.05, 0.1) is 6.20 Å². The number of aromatic hydroxyl groups is 1. The van der Waals surface area contributed by atoms with Gasteiger partial charge in [-0.2, -0.15) is 9.90 Å². The number of piperazine rings is 1. The molecule has 0 spiro atoms. The van der Waals surface area contributed by atoms with Crippen molar-refractivity contribution in [3.8, 4) is 28.1 Å². The van der Waals surface area contributed by atoms with E-state index in [1.807, 2.05) is 18.2 Å². The molecule has 0 unspecified atom stereocenters. The molecule has 1 atom stereocenters. The molecule has 10 nitrogen and oxygen atoms in total. The summed E-state index contributed by atoms with van der Waals surface area (Å²) in [6.07, 6.45) is 3.39. The van der Waals surface area contributed by atoms with Crippen LogP contribution in [0.15, 0.2) is 36.7 Å². The molecule has 0 radical (unpaired) electrons. The van der Waals surface area contributed by atoms with Gasteiger partial charge < -0.3 is 15.3 Å². The van der Waals surface area contributed by atoms with Crippen molar-refractivity contribution in [3.05, 3.63) is 36.7 Å². The summed E-state index contributed by atoms with van der Waals surface area (Å²) >= 11 is 0. The van der Waals surface area contributed by atoms with Crippen LogP contribution in [0.2, 0.25) is 0 Å². The lowest BCUT2D eigenvalue weighted by atomic mass is 10.0. The lowest BCUT2D eigenvalue weighted by molar-refractivity contribution is 0.365. The Hall–Kier alpha value is -3.08. The summed E-state index contributed by atoms with van der Waals surface area (Å²) in [5, 5.41) is 31.3. The van der Waals surface area contributed by atoms with Crippen LogP contribution in [0, 0.1) is 5.92 Å². The number of nitrogens with zero attached hydrogens (tertiary/aromatic N) is 8. The first-order valence-electron chi connectivity index (χ1n) is 10.7. The number of anilines is 1. The topological polar surface area (TPSA) is 118 Å². The van der Waals surface area contributed by atoms with Crippen molar-refractivity contribution < 1.29 is 5.11 Å². The Labute approximate surface area is 209 Å². The Balaban J connectivity index is 0.00000162. The summed E-state index contributed by atoms with van der Waals surface area (Å²) in [6.45, 7) is 7.00. The van der Waals surface area contributed by atoms with Crippen molar-refractivity contribution >= 4 is 41.9 Å². The van der Waals surface area contributed by atoms with E-state index in [4.69, 9.17) is 0 Å². The van der Waals surface area contributed by atoms with E-state index >= 15 is 0 Å². The highest BCUT2D eigenvalue weighted by Crippen LogP contribution is 2.32. The van der Waals surface area contributed by atoms with Gasteiger partial charge in [-0.25, -0.2) is 9.97 Å². The van der Waals surface area contributed by atoms with E-state index in [-0.39, 0.29) is 30.6 Å². The maximum absolute atomic E-state index is 10.7. The number of hydrogen-bond acceptors (Lipinski definition) is 9. The van der Waals surface area contributed by atoms with Crippen LogP contribution >= 0.6 is 24.8 Å². The number of benzene rings is 1. The molecule has 4 heterocycles. The van der Waals surface area contributed by atoms with Crippen molar-refractivity contribution in [2.75, 3.05) is 24.5 Å². The molecule has 2 N–H and O–H groups in total. The van der Waals surface area contributed by atoms with Crippen molar-refractivity contribution in [1.82, 2.24) is 40.5 Å². The van der Waals surface area contributed by atoms with E-state index in [9.17, 15) is 5.11 Å². The van der Waals surface area contributed by atoms with E-state index in [0.29, 0.717) is 40.3 Å². The van der Waals surface area contributed by atoms with E-state index in [1.54, 1.807) is 25.5 Å². The number of halogens is 2.